The number of rotatable bonds is 6. The molecule has 5 rings (SSSR count). The number of hydrogen-bond donors (Lipinski definition) is 0. The van der Waals surface area contributed by atoms with Crippen molar-refractivity contribution in [2.24, 2.45) is 0 Å². The van der Waals surface area contributed by atoms with E-state index in [1.54, 1.807) is 29.1 Å². The minimum atomic E-state index is -0.630. The van der Waals surface area contributed by atoms with Crippen LogP contribution in [0, 0.1) is 0 Å². The molecule has 0 aliphatic heterocycles. The molecule has 0 aliphatic carbocycles. The molecule has 0 saturated carbocycles. The number of para-hydroxylation sites is 1. The first-order chi connectivity index (χ1) is 15.2. The van der Waals surface area contributed by atoms with Crippen LogP contribution in [-0.4, -0.2) is 33.1 Å². The number of hydrogen-bond acceptors (Lipinski definition) is 6. The molecule has 3 aromatic heterocycles. The summed E-state index contributed by atoms with van der Waals surface area (Å²) in [5.74, 6) is -0.881. The Morgan fingerprint density at radius 2 is 1.74 bits per heavy atom. The van der Waals surface area contributed by atoms with Gasteiger partial charge in [-0.05, 0) is 23.8 Å². The van der Waals surface area contributed by atoms with E-state index in [0.717, 1.165) is 10.9 Å². The van der Waals surface area contributed by atoms with E-state index >= 15 is 0 Å². The number of carbonyl (C=O) groups excluding carboxylic acids is 2. The molecule has 3 heterocycles. The predicted octanol–water partition coefficient (Wildman–Crippen LogP) is 4.27. The van der Waals surface area contributed by atoms with Gasteiger partial charge < -0.3 is 9.15 Å². The number of ether oxygens (including phenoxy) is 1. The Hall–Kier alpha value is -4.26. The van der Waals surface area contributed by atoms with Crippen molar-refractivity contribution in [2.75, 3.05) is 6.61 Å². The largest absolute Gasteiger partial charge is 0.454 e. The molecule has 0 unspecified atom stereocenters. The average molecular weight is 411 g/mol. The van der Waals surface area contributed by atoms with Gasteiger partial charge in [0.15, 0.2) is 18.0 Å². The highest BCUT2D eigenvalue weighted by molar-refractivity contribution is 6.00. The standard InChI is InChI=1S/C24H17N3O4/c28-20(22-11-17-8-4-5-9-21(17)31-22)15-30-24(29)19-10-18-13-26-27(23(18)25-12-19)14-16-6-2-1-3-7-16/h1-13H,14-15H2. The third kappa shape index (κ3) is 3.81. The molecule has 0 atom stereocenters. The summed E-state index contributed by atoms with van der Waals surface area (Å²) in [4.78, 5) is 29.1. The van der Waals surface area contributed by atoms with Gasteiger partial charge in [-0.15, -0.1) is 0 Å². The van der Waals surface area contributed by atoms with E-state index in [1.807, 2.05) is 48.5 Å². The Kier molecular flexibility index (Phi) is 4.76. The van der Waals surface area contributed by atoms with Crippen molar-refractivity contribution in [1.82, 2.24) is 14.8 Å². The first-order valence-electron chi connectivity index (χ1n) is 9.72. The Labute approximate surface area is 176 Å². The molecule has 31 heavy (non-hydrogen) atoms. The predicted molar refractivity (Wildman–Crippen MR) is 114 cm³/mol. The normalized spacial score (nSPS) is 11.1. The van der Waals surface area contributed by atoms with Gasteiger partial charge in [0.1, 0.15) is 5.58 Å². The lowest BCUT2D eigenvalue weighted by atomic mass is 10.2. The second-order valence-corrected chi connectivity index (χ2v) is 7.07. The number of benzene rings is 2. The molecule has 0 bridgehead atoms. The van der Waals surface area contributed by atoms with Crippen LogP contribution in [0.2, 0.25) is 0 Å². The number of esters is 1. The SMILES string of the molecule is O=C(OCC(=O)c1cc2ccccc2o1)c1cnc2c(cnn2Cc2ccccc2)c1. The Bertz CT molecular complexity index is 1370. The number of carbonyl (C=O) groups is 2. The van der Waals surface area contributed by atoms with Gasteiger partial charge in [0.05, 0.1) is 18.3 Å². The number of furan rings is 1. The average Bonchev–Trinajstić information content (AvgIpc) is 3.42. The number of pyridine rings is 1. The van der Waals surface area contributed by atoms with Gasteiger partial charge in [0.25, 0.3) is 0 Å². The Morgan fingerprint density at radius 3 is 2.58 bits per heavy atom. The summed E-state index contributed by atoms with van der Waals surface area (Å²) in [6.07, 6.45) is 3.08. The van der Waals surface area contributed by atoms with Crippen molar-refractivity contribution in [3.8, 4) is 0 Å². The fourth-order valence-corrected chi connectivity index (χ4v) is 3.36. The molecule has 0 N–H and O–H groups in total. The molecular weight excluding hydrogens is 394 g/mol. The van der Waals surface area contributed by atoms with E-state index in [1.165, 1.54) is 6.20 Å². The van der Waals surface area contributed by atoms with Crippen LogP contribution in [0.25, 0.3) is 22.0 Å². The highest BCUT2D eigenvalue weighted by Crippen LogP contribution is 2.20. The highest BCUT2D eigenvalue weighted by atomic mass is 16.5. The Morgan fingerprint density at radius 1 is 0.935 bits per heavy atom. The Balaban J connectivity index is 1.28. The molecule has 152 valence electrons. The lowest BCUT2D eigenvalue weighted by Crippen LogP contribution is -2.14. The van der Waals surface area contributed by atoms with Crippen molar-refractivity contribution in [2.45, 2.75) is 6.54 Å². The number of ketones is 1. The van der Waals surface area contributed by atoms with E-state index in [2.05, 4.69) is 10.1 Å². The molecule has 5 aromatic rings. The topological polar surface area (TPSA) is 87.2 Å². The molecule has 7 nitrogen and oxygen atoms in total. The highest BCUT2D eigenvalue weighted by Gasteiger charge is 2.17. The zero-order chi connectivity index (χ0) is 21.2. The molecule has 0 saturated heterocycles. The van der Waals surface area contributed by atoms with Crippen molar-refractivity contribution < 1.29 is 18.7 Å². The second-order valence-electron chi connectivity index (χ2n) is 7.07. The van der Waals surface area contributed by atoms with Gasteiger partial charge >= 0.3 is 5.97 Å². The maximum absolute atomic E-state index is 12.4. The van der Waals surface area contributed by atoms with Gasteiger partial charge in [0.2, 0.25) is 5.78 Å². The number of nitrogens with zero attached hydrogens (tertiary/aromatic N) is 3. The van der Waals surface area contributed by atoms with Crippen LogP contribution < -0.4 is 0 Å². The summed E-state index contributed by atoms with van der Waals surface area (Å²) < 4.78 is 12.5. The van der Waals surface area contributed by atoms with Gasteiger partial charge in [-0.25, -0.2) is 14.5 Å². The summed E-state index contributed by atoms with van der Waals surface area (Å²) in [7, 11) is 0. The molecule has 0 radical (unpaired) electrons. The lowest BCUT2D eigenvalue weighted by molar-refractivity contribution is 0.0468. The monoisotopic (exact) mass is 411 g/mol. The smallest absolute Gasteiger partial charge is 0.340 e. The molecule has 2 aromatic carbocycles. The third-order valence-electron chi connectivity index (χ3n) is 4.92. The van der Waals surface area contributed by atoms with E-state index in [9.17, 15) is 9.59 Å². The van der Waals surface area contributed by atoms with E-state index in [0.29, 0.717) is 23.2 Å². The van der Waals surface area contributed by atoms with Crippen molar-refractivity contribution in [1.29, 1.82) is 0 Å². The summed E-state index contributed by atoms with van der Waals surface area (Å²) in [6, 6.07) is 20.5. The molecule has 7 heteroatoms. The minimum absolute atomic E-state index is 0.157. The zero-order valence-corrected chi connectivity index (χ0v) is 16.4. The first-order valence-corrected chi connectivity index (χ1v) is 9.72. The van der Waals surface area contributed by atoms with E-state index < -0.39 is 18.4 Å². The number of fused-ring (bicyclic) bond motifs is 2. The summed E-state index contributed by atoms with van der Waals surface area (Å²) in [5, 5.41) is 5.90. The summed E-state index contributed by atoms with van der Waals surface area (Å²) in [6.45, 7) is 0.164. The fourth-order valence-electron chi connectivity index (χ4n) is 3.36. The van der Waals surface area contributed by atoms with Crippen molar-refractivity contribution >= 4 is 33.8 Å². The van der Waals surface area contributed by atoms with Gasteiger partial charge in [-0.3, -0.25) is 4.79 Å². The maximum atomic E-state index is 12.4. The molecular formula is C24H17N3O4. The molecule has 0 amide bonds. The van der Waals surface area contributed by atoms with E-state index in [4.69, 9.17) is 9.15 Å². The van der Waals surface area contributed by atoms with E-state index in [-0.39, 0.29) is 11.3 Å². The number of aromatic nitrogens is 3. The van der Waals surface area contributed by atoms with Crippen LogP contribution in [-0.2, 0) is 11.3 Å². The van der Waals surface area contributed by atoms with Crippen LogP contribution in [0.4, 0.5) is 0 Å². The van der Waals surface area contributed by atoms with Crippen LogP contribution in [0.5, 0.6) is 0 Å². The van der Waals surface area contributed by atoms with Crippen molar-refractivity contribution in [3.63, 3.8) is 0 Å². The fraction of sp³-hybridized carbons (Fsp3) is 0.0833. The van der Waals surface area contributed by atoms with Crippen LogP contribution in [0.1, 0.15) is 26.5 Å². The molecule has 0 spiro atoms. The summed E-state index contributed by atoms with van der Waals surface area (Å²) in [5.41, 5.74) is 2.63. The van der Waals surface area contributed by atoms with Crippen LogP contribution in [0.15, 0.2) is 83.5 Å². The quantitative estimate of drug-likeness (QED) is 0.306. The van der Waals surface area contributed by atoms with Gasteiger partial charge in [-0.2, -0.15) is 5.10 Å². The summed E-state index contributed by atoms with van der Waals surface area (Å²) >= 11 is 0. The lowest BCUT2D eigenvalue weighted by Gasteiger charge is -2.05. The zero-order valence-electron chi connectivity index (χ0n) is 16.4. The van der Waals surface area contributed by atoms with Crippen LogP contribution >= 0.6 is 0 Å². The minimum Gasteiger partial charge on any atom is -0.454 e. The van der Waals surface area contributed by atoms with Gasteiger partial charge in [0, 0.05) is 17.0 Å². The maximum Gasteiger partial charge on any atom is 0.340 e. The number of Topliss-reactive ketones (excluding diaryl/α,β-unsaturated/α-hetero) is 1. The van der Waals surface area contributed by atoms with Crippen LogP contribution in [0.3, 0.4) is 0 Å². The third-order valence-corrected chi connectivity index (χ3v) is 4.92. The van der Waals surface area contributed by atoms with Gasteiger partial charge in [-0.1, -0.05) is 48.5 Å². The molecule has 0 fully saturated rings. The first kappa shape index (κ1) is 18.7. The van der Waals surface area contributed by atoms with Crippen molar-refractivity contribution in [3.05, 3.63) is 96.0 Å². The molecule has 0 aliphatic rings. The second kappa shape index (κ2) is 7.87.